The van der Waals surface area contributed by atoms with Gasteiger partial charge in [-0.3, -0.25) is 0 Å². The summed E-state index contributed by atoms with van der Waals surface area (Å²) < 4.78 is 23.5. The second-order valence-corrected chi connectivity index (χ2v) is 8.10. The van der Waals surface area contributed by atoms with E-state index in [0.29, 0.717) is 17.3 Å². The van der Waals surface area contributed by atoms with Gasteiger partial charge in [-0.2, -0.15) is 0 Å². The van der Waals surface area contributed by atoms with Crippen molar-refractivity contribution < 1.29 is 8.42 Å². The predicted molar refractivity (Wildman–Crippen MR) is 82.0 cm³/mol. The number of nitrogens with zero attached hydrogens (tertiary/aromatic N) is 1. The molecule has 1 aliphatic rings. The second kappa shape index (κ2) is 4.93. The van der Waals surface area contributed by atoms with Crippen molar-refractivity contribution in [1.29, 1.82) is 0 Å². The molecule has 20 heavy (non-hydrogen) atoms. The summed E-state index contributed by atoms with van der Waals surface area (Å²) >= 11 is 0. The molecule has 2 rings (SSSR count). The number of nitrogens with two attached hydrogens (primary N) is 2. The Labute approximate surface area is 121 Å². The molecule has 5 nitrogen and oxygen atoms in total. The van der Waals surface area contributed by atoms with Crippen LogP contribution in [0.15, 0.2) is 23.1 Å². The van der Waals surface area contributed by atoms with Gasteiger partial charge in [0.25, 0.3) is 0 Å². The van der Waals surface area contributed by atoms with Crippen LogP contribution < -0.4 is 15.8 Å². The molecule has 0 radical (unpaired) electrons. The molecule has 1 aliphatic heterocycles. The van der Waals surface area contributed by atoms with Crippen LogP contribution in [0.2, 0.25) is 0 Å². The highest BCUT2D eigenvalue weighted by Crippen LogP contribution is 2.37. The Balaban J connectivity index is 2.36. The summed E-state index contributed by atoms with van der Waals surface area (Å²) in [5.74, 6) is 0.536. The molecule has 6 heteroatoms. The lowest BCUT2D eigenvalue weighted by Gasteiger charge is -2.28. The van der Waals surface area contributed by atoms with Gasteiger partial charge in [-0.15, -0.1) is 0 Å². The maximum Gasteiger partial charge on any atom is 0.240 e. The van der Waals surface area contributed by atoms with Gasteiger partial charge in [-0.05, 0) is 36.0 Å². The number of primary sulfonamides is 1. The average Bonchev–Trinajstić information content (AvgIpc) is 2.76. The fraction of sp³-hybridized carbons (Fsp3) is 0.571. The Morgan fingerprint density at radius 2 is 1.95 bits per heavy atom. The Morgan fingerprint density at radius 1 is 1.30 bits per heavy atom. The summed E-state index contributed by atoms with van der Waals surface area (Å²) in [4.78, 5) is 2.21. The quantitative estimate of drug-likeness (QED) is 0.814. The number of hydrogen-bond donors (Lipinski definition) is 2. The number of nitrogen functional groups attached to an aromatic ring is 1. The topological polar surface area (TPSA) is 89.4 Å². The van der Waals surface area contributed by atoms with Crippen LogP contribution in [-0.2, 0) is 10.0 Å². The highest BCUT2D eigenvalue weighted by Gasteiger charge is 2.33. The molecule has 1 saturated heterocycles. The minimum absolute atomic E-state index is 0.118. The summed E-state index contributed by atoms with van der Waals surface area (Å²) in [7, 11) is -3.77. The van der Waals surface area contributed by atoms with Crippen molar-refractivity contribution in [2.75, 3.05) is 23.7 Å². The molecule has 0 aromatic heterocycles. The molecule has 1 unspecified atom stereocenters. The fourth-order valence-corrected chi connectivity index (χ4v) is 3.49. The summed E-state index contributed by atoms with van der Waals surface area (Å²) in [6.07, 6.45) is 1.05. The lowest BCUT2D eigenvalue weighted by Crippen LogP contribution is -2.27. The van der Waals surface area contributed by atoms with E-state index in [4.69, 9.17) is 10.9 Å². The normalized spacial score (nSPS) is 20.4. The lowest BCUT2D eigenvalue weighted by molar-refractivity contribution is 0.263. The molecule has 0 saturated carbocycles. The first-order valence-electron chi connectivity index (χ1n) is 6.76. The van der Waals surface area contributed by atoms with E-state index in [1.54, 1.807) is 12.1 Å². The standard InChI is InChI=1S/C14H23N3O2S/c1-14(2,3)10-6-7-17(9-10)12-5-4-11(15)8-13(12)20(16,18)19/h4-5,8,10H,6-7,9,15H2,1-3H3,(H2,16,18,19). The molecule has 112 valence electrons. The first kappa shape index (κ1) is 15.1. The highest BCUT2D eigenvalue weighted by molar-refractivity contribution is 7.89. The van der Waals surface area contributed by atoms with E-state index in [9.17, 15) is 8.42 Å². The van der Waals surface area contributed by atoms with Crippen LogP contribution in [0.3, 0.4) is 0 Å². The van der Waals surface area contributed by atoms with Gasteiger partial charge in [0.2, 0.25) is 10.0 Å². The first-order chi connectivity index (χ1) is 9.09. The molecule has 0 spiro atoms. The third-order valence-corrected chi connectivity index (χ3v) is 4.98. The summed E-state index contributed by atoms with van der Waals surface area (Å²) in [5.41, 5.74) is 6.96. The van der Waals surface area contributed by atoms with Crippen LogP contribution in [0, 0.1) is 11.3 Å². The van der Waals surface area contributed by atoms with Gasteiger partial charge in [0.15, 0.2) is 0 Å². The van der Waals surface area contributed by atoms with Crippen LogP contribution in [-0.4, -0.2) is 21.5 Å². The smallest absolute Gasteiger partial charge is 0.240 e. The van der Waals surface area contributed by atoms with E-state index in [0.717, 1.165) is 19.5 Å². The molecule has 1 atom stereocenters. The average molecular weight is 297 g/mol. The zero-order valence-corrected chi connectivity index (χ0v) is 13.1. The zero-order valence-electron chi connectivity index (χ0n) is 12.3. The number of rotatable bonds is 2. The van der Waals surface area contributed by atoms with Gasteiger partial charge in [0, 0.05) is 18.8 Å². The van der Waals surface area contributed by atoms with Crippen LogP contribution in [0.5, 0.6) is 0 Å². The molecule has 0 aliphatic carbocycles. The first-order valence-corrected chi connectivity index (χ1v) is 8.31. The number of anilines is 2. The van der Waals surface area contributed by atoms with E-state index in [1.807, 2.05) is 0 Å². The maximum atomic E-state index is 11.7. The van der Waals surface area contributed by atoms with E-state index in [-0.39, 0.29) is 10.3 Å². The van der Waals surface area contributed by atoms with Crippen molar-refractivity contribution >= 4 is 21.4 Å². The maximum absolute atomic E-state index is 11.7. The Kier molecular flexibility index (Phi) is 3.73. The van der Waals surface area contributed by atoms with Gasteiger partial charge in [-0.1, -0.05) is 20.8 Å². The molecule has 0 bridgehead atoms. The molecule has 1 heterocycles. The minimum Gasteiger partial charge on any atom is -0.399 e. The van der Waals surface area contributed by atoms with Crippen LogP contribution in [0.1, 0.15) is 27.2 Å². The Morgan fingerprint density at radius 3 is 2.45 bits per heavy atom. The summed E-state index contributed by atoms with van der Waals surface area (Å²) in [6.45, 7) is 8.32. The van der Waals surface area contributed by atoms with Gasteiger partial charge in [0.05, 0.1) is 5.69 Å². The predicted octanol–water partition coefficient (Wildman–Crippen LogP) is 1.79. The zero-order chi connectivity index (χ0) is 15.1. The molecule has 4 N–H and O–H groups in total. The Bertz CT molecular complexity index is 605. The molecule has 1 aromatic carbocycles. The Hall–Kier alpha value is -1.27. The van der Waals surface area contributed by atoms with Crippen LogP contribution in [0.25, 0.3) is 0 Å². The van der Waals surface area contributed by atoms with Crippen molar-refractivity contribution in [3.05, 3.63) is 18.2 Å². The van der Waals surface area contributed by atoms with Gasteiger partial charge < -0.3 is 10.6 Å². The van der Waals surface area contributed by atoms with Crippen LogP contribution in [0.4, 0.5) is 11.4 Å². The van der Waals surface area contributed by atoms with Crippen molar-refractivity contribution in [2.45, 2.75) is 32.1 Å². The number of benzene rings is 1. The van der Waals surface area contributed by atoms with Crippen molar-refractivity contribution in [3.63, 3.8) is 0 Å². The van der Waals surface area contributed by atoms with Gasteiger partial charge in [-0.25, -0.2) is 13.6 Å². The lowest BCUT2D eigenvalue weighted by atomic mass is 9.80. The van der Waals surface area contributed by atoms with Gasteiger partial charge in [0.1, 0.15) is 4.90 Å². The third-order valence-electron chi connectivity index (χ3n) is 4.04. The second-order valence-electron chi connectivity index (χ2n) is 6.57. The van der Waals surface area contributed by atoms with E-state index < -0.39 is 10.0 Å². The van der Waals surface area contributed by atoms with Crippen molar-refractivity contribution in [3.8, 4) is 0 Å². The molecule has 0 amide bonds. The summed E-state index contributed by atoms with van der Waals surface area (Å²) in [6, 6.07) is 4.91. The van der Waals surface area contributed by atoms with Gasteiger partial charge >= 0.3 is 0 Å². The third kappa shape index (κ3) is 3.07. The highest BCUT2D eigenvalue weighted by atomic mass is 32.2. The molecule has 1 aromatic rings. The number of hydrogen-bond acceptors (Lipinski definition) is 4. The largest absolute Gasteiger partial charge is 0.399 e. The monoisotopic (exact) mass is 297 g/mol. The summed E-state index contributed by atoms with van der Waals surface area (Å²) in [5, 5.41) is 5.30. The van der Waals surface area contributed by atoms with Crippen molar-refractivity contribution in [1.82, 2.24) is 0 Å². The minimum atomic E-state index is -3.77. The molecule has 1 fully saturated rings. The van der Waals surface area contributed by atoms with E-state index in [2.05, 4.69) is 25.7 Å². The molecular weight excluding hydrogens is 274 g/mol. The van der Waals surface area contributed by atoms with Crippen LogP contribution >= 0.6 is 0 Å². The van der Waals surface area contributed by atoms with Crippen molar-refractivity contribution in [2.24, 2.45) is 16.5 Å². The van der Waals surface area contributed by atoms with E-state index in [1.165, 1.54) is 6.07 Å². The SMILES string of the molecule is CC(C)(C)C1CCN(c2ccc(N)cc2S(N)(=O)=O)C1. The molecular formula is C14H23N3O2S. The van der Waals surface area contributed by atoms with E-state index >= 15 is 0 Å². The fourth-order valence-electron chi connectivity index (χ4n) is 2.71. The number of sulfonamides is 1.